The fraction of sp³-hybridized carbons (Fsp3) is 0.520. The molecule has 2 aromatic heterocycles. The third-order valence-corrected chi connectivity index (χ3v) is 8.15. The van der Waals surface area contributed by atoms with Crippen molar-refractivity contribution in [1.82, 2.24) is 25.2 Å². The number of thioether (sulfide) groups is 1. The first-order valence-electron chi connectivity index (χ1n) is 12.6. The molecule has 8 nitrogen and oxygen atoms in total. The van der Waals surface area contributed by atoms with Crippen LogP contribution in [0.15, 0.2) is 35.5 Å². The Bertz CT molecular complexity index is 1160. The van der Waals surface area contributed by atoms with E-state index >= 15 is 0 Å². The zero-order valence-corrected chi connectivity index (χ0v) is 22.7. The molecule has 3 aromatic rings. The number of aromatic nitrogens is 3. The molecule has 2 aliphatic rings. The largest absolute Gasteiger partial charge is 0.361 e. The van der Waals surface area contributed by atoms with Crippen LogP contribution < -0.4 is 16.0 Å². The first-order chi connectivity index (χ1) is 18.0. The van der Waals surface area contributed by atoms with Gasteiger partial charge in [-0.15, -0.1) is 0 Å². The van der Waals surface area contributed by atoms with Gasteiger partial charge in [0.25, 0.3) is 11.7 Å². The second kappa shape index (κ2) is 12.8. The predicted molar refractivity (Wildman–Crippen MR) is 147 cm³/mol. The van der Waals surface area contributed by atoms with Crippen LogP contribution in [0.4, 0.5) is 19.9 Å². The van der Waals surface area contributed by atoms with Crippen molar-refractivity contribution in [2.24, 2.45) is 5.41 Å². The fourth-order valence-corrected chi connectivity index (χ4v) is 5.75. The summed E-state index contributed by atoms with van der Waals surface area (Å²) in [6.07, 6.45) is 5.72. The minimum absolute atomic E-state index is 0.103. The Morgan fingerprint density at radius 1 is 1.16 bits per heavy atom. The maximum Gasteiger partial charge on any atom is 0.289 e. The number of alkyl halides is 2. The Kier molecular flexibility index (Phi) is 9.49. The van der Waals surface area contributed by atoms with Crippen LogP contribution in [0.25, 0.3) is 10.2 Å². The number of amides is 1. The molecule has 2 saturated heterocycles. The summed E-state index contributed by atoms with van der Waals surface area (Å²) in [4.78, 5) is 28.0. The summed E-state index contributed by atoms with van der Waals surface area (Å²) >= 11 is 1.96. The predicted octanol–water partition coefficient (Wildman–Crippen LogP) is 5.17. The Balaban J connectivity index is 0.00000156. The second-order valence-electron chi connectivity index (χ2n) is 8.93. The lowest BCUT2D eigenvalue weighted by Gasteiger charge is -2.48. The summed E-state index contributed by atoms with van der Waals surface area (Å²) in [5.74, 6) is -1.97. The summed E-state index contributed by atoms with van der Waals surface area (Å²) < 4.78 is 25.7. The summed E-state index contributed by atoms with van der Waals surface area (Å²) in [6.45, 7) is 9.14. The van der Waals surface area contributed by atoms with Crippen molar-refractivity contribution in [2.75, 3.05) is 49.9 Å². The molecular weight excluding hydrogens is 516 g/mol. The summed E-state index contributed by atoms with van der Waals surface area (Å²) in [6, 6.07) is 5.74. The van der Waals surface area contributed by atoms with Crippen molar-refractivity contribution in [2.45, 2.75) is 43.8 Å². The number of hydrogen-bond donors (Lipinski definition) is 3. The number of piperidine rings is 1. The molecule has 2 fully saturated rings. The standard InChI is InChI=1S/C23H27F2N7OS2.C2H6/c24-20(25)34-16-11-29-21(30-12-16)27-6-1-7-28-22-31-17-3-2-15(10-18(17)35-22)19(33)32-8-4-23(5-9-32)13-26-14-23;1-2/h2-3,10-12,20,26H,1,4-9,13-14H2,(H,28,31)(H,27,29,30);1-2H3. The van der Waals surface area contributed by atoms with Gasteiger partial charge in [0.1, 0.15) is 0 Å². The lowest BCUT2D eigenvalue weighted by molar-refractivity contribution is 0.0415. The molecule has 0 radical (unpaired) electrons. The molecule has 1 amide bonds. The molecule has 12 heteroatoms. The summed E-state index contributed by atoms with van der Waals surface area (Å²) in [5, 5.41) is 10.6. The maximum atomic E-state index is 13.0. The van der Waals surface area contributed by atoms with E-state index in [1.165, 1.54) is 23.7 Å². The molecule has 0 aliphatic carbocycles. The first kappa shape index (κ1) is 27.5. The van der Waals surface area contributed by atoms with Crippen molar-refractivity contribution in [3.63, 3.8) is 0 Å². The van der Waals surface area contributed by atoms with Gasteiger partial charge in [0.2, 0.25) is 5.95 Å². The molecule has 5 rings (SSSR count). The lowest BCUT2D eigenvalue weighted by atomic mass is 9.73. The van der Waals surface area contributed by atoms with Gasteiger partial charge in [0, 0.05) is 62.1 Å². The number of hydrogen-bond acceptors (Lipinski definition) is 9. The van der Waals surface area contributed by atoms with E-state index < -0.39 is 5.76 Å². The highest BCUT2D eigenvalue weighted by Crippen LogP contribution is 2.35. The van der Waals surface area contributed by atoms with Gasteiger partial charge in [-0.2, -0.15) is 8.78 Å². The summed E-state index contributed by atoms with van der Waals surface area (Å²) in [5.41, 5.74) is 2.01. The molecule has 3 N–H and O–H groups in total. The second-order valence-corrected chi connectivity index (χ2v) is 11.0. The van der Waals surface area contributed by atoms with Crippen molar-refractivity contribution >= 4 is 50.3 Å². The van der Waals surface area contributed by atoms with Gasteiger partial charge in [0.05, 0.1) is 10.2 Å². The number of rotatable bonds is 9. The molecule has 0 unspecified atom stereocenters. The number of likely N-dealkylation sites (tertiary alicyclic amines) is 1. The fourth-order valence-electron chi connectivity index (χ4n) is 4.39. The molecule has 0 atom stereocenters. The lowest BCUT2D eigenvalue weighted by Crippen LogP contribution is -2.58. The van der Waals surface area contributed by atoms with Crippen LogP contribution in [0.2, 0.25) is 0 Å². The number of benzene rings is 1. The average Bonchev–Trinajstić information content (AvgIpc) is 3.31. The van der Waals surface area contributed by atoms with Crippen LogP contribution in [0.1, 0.15) is 43.5 Å². The third kappa shape index (κ3) is 7.05. The van der Waals surface area contributed by atoms with Crippen molar-refractivity contribution in [1.29, 1.82) is 0 Å². The van der Waals surface area contributed by atoms with Gasteiger partial charge in [-0.1, -0.05) is 36.9 Å². The molecule has 0 bridgehead atoms. The highest BCUT2D eigenvalue weighted by molar-refractivity contribution is 7.99. The normalized spacial score (nSPS) is 16.3. The SMILES string of the molecule is CC.O=C(c1ccc2nc(NCCCNc3ncc(SC(F)F)cn3)sc2c1)N1CCC2(CC1)CNC2. The number of halogens is 2. The van der Waals surface area contributed by atoms with E-state index in [9.17, 15) is 13.6 Å². The van der Waals surface area contributed by atoms with Crippen LogP contribution in [-0.4, -0.2) is 70.8 Å². The van der Waals surface area contributed by atoms with E-state index in [2.05, 4.69) is 30.9 Å². The Hall–Kier alpha value is -2.57. The minimum atomic E-state index is -2.48. The number of nitrogens with zero attached hydrogens (tertiary/aromatic N) is 4. The monoisotopic (exact) mass is 549 g/mol. The molecule has 1 aromatic carbocycles. The van der Waals surface area contributed by atoms with Gasteiger partial charge in [-0.05, 0) is 42.9 Å². The number of anilines is 2. The highest BCUT2D eigenvalue weighted by Gasteiger charge is 2.40. The molecule has 1 spiro atoms. The molecule has 0 saturated carbocycles. The number of nitrogens with one attached hydrogen (secondary N) is 3. The van der Waals surface area contributed by atoms with Crippen molar-refractivity contribution in [3.05, 3.63) is 36.2 Å². The first-order valence-corrected chi connectivity index (χ1v) is 14.3. The molecular formula is C25H33F2N7OS2. The zero-order chi connectivity index (χ0) is 26.3. The van der Waals surface area contributed by atoms with E-state index in [0.717, 1.165) is 66.4 Å². The molecule has 200 valence electrons. The van der Waals surface area contributed by atoms with Gasteiger partial charge in [-0.3, -0.25) is 4.79 Å². The molecule has 37 heavy (non-hydrogen) atoms. The van der Waals surface area contributed by atoms with Crippen LogP contribution in [0.3, 0.4) is 0 Å². The number of carbonyl (C=O) groups is 1. The van der Waals surface area contributed by atoms with E-state index in [0.29, 0.717) is 41.1 Å². The van der Waals surface area contributed by atoms with E-state index in [4.69, 9.17) is 0 Å². The maximum absolute atomic E-state index is 13.0. The Morgan fingerprint density at radius 2 is 1.86 bits per heavy atom. The van der Waals surface area contributed by atoms with Crippen LogP contribution in [0.5, 0.6) is 0 Å². The Labute approximate surface area is 224 Å². The number of fused-ring (bicyclic) bond motifs is 1. The van der Waals surface area contributed by atoms with Gasteiger partial charge in [0.15, 0.2) is 5.13 Å². The minimum Gasteiger partial charge on any atom is -0.361 e. The molecule has 4 heterocycles. The van der Waals surface area contributed by atoms with E-state index in [1.807, 2.05) is 36.9 Å². The number of thiazole rings is 1. The van der Waals surface area contributed by atoms with Gasteiger partial charge >= 0.3 is 0 Å². The van der Waals surface area contributed by atoms with Crippen LogP contribution in [-0.2, 0) is 0 Å². The topological polar surface area (TPSA) is 95.1 Å². The van der Waals surface area contributed by atoms with Gasteiger partial charge < -0.3 is 20.9 Å². The van der Waals surface area contributed by atoms with Crippen LogP contribution in [0, 0.1) is 5.41 Å². The van der Waals surface area contributed by atoms with Crippen molar-refractivity contribution in [3.8, 4) is 0 Å². The van der Waals surface area contributed by atoms with Crippen molar-refractivity contribution < 1.29 is 13.6 Å². The summed E-state index contributed by atoms with van der Waals surface area (Å²) in [7, 11) is 0. The third-order valence-electron chi connectivity index (χ3n) is 6.51. The van der Waals surface area contributed by atoms with Crippen LogP contribution >= 0.6 is 23.1 Å². The van der Waals surface area contributed by atoms with E-state index in [1.54, 1.807) is 0 Å². The van der Waals surface area contributed by atoms with Gasteiger partial charge in [-0.25, -0.2) is 15.0 Å². The van der Waals surface area contributed by atoms with E-state index in [-0.39, 0.29) is 5.91 Å². The highest BCUT2D eigenvalue weighted by atomic mass is 32.2. The molecule has 2 aliphatic heterocycles. The average molecular weight is 550 g/mol. The smallest absolute Gasteiger partial charge is 0.289 e. The quantitative estimate of drug-likeness (QED) is 0.249. The number of carbonyl (C=O) groups excluding carboxylic acids is 1. The zero-order valence-electron chi connectivity index (χ0n) is 21.1. The Morgan fingerprint density at radius 3 is 2.51 bits per heavy atom.